The molecule has 0 aliphatic carbocycles. The second-order valence-corrected chi connectivity index (χ2v) is 8.06. The van der Waals surface area contributed by atoms with Gasteiger partial charge in [0.1, 0.15) is 0 Å². The second kappa shape index (κ2) is 7.06. The number of fused-ring (bicyclic) bond motifs is 1. The van der Waals surface area contributed by atoms with Gasteiger partial charge < -0.3 is 9.80 Å². The van der Waals surface area contributed by atoms with Crippen molar-refractivity contribution in [2.75, 3.05) is 37.6 Å². The molecule has 2 aromatic rings. The van der Waals surface area contributed by atoms with Crippen molar-refractivity contribution in [1.82, 2.24) is 9.80 Å². The maximum atomic E-state index is 13.1. The molecule has 0 spiro atoms. The zero-order valence-corrected chi connectivity index (χ0v) is 16.0. The standard InChI is InChI=1S/C23H25N3O2/c27-22-14-18(23(28)25-13-10-19(16-25)24-11-3-4-12-24)15-26(22)21-9-5-7-17-6-1-2-8-20(17)21/h1-9,18-19H,10-16H2/t18-,19-/m0/s1. The fraction of sp³-hybridized carbons (Fsp3) is 0.391. The molecule has 0 saturated carbocycles. The molecule has 5 heteroatoms. The number of hydrogen-bond acceptors (Lipinski definition) is 3. The first kappa shape index (κ1) is 17.4. The van der Waals surface area contributed by atoms with Crippen LogP contribution in [0.15, 0.2) is 54.6 Å². The summed E-state index contributed by atoms with van der Waals surface area (Å²) in [5.41, 5.74) is 0.917. The lowest BCUT2D eigenvalue weighted by Crippen LogP contribution is -2.40. The minimum Gasteiger partial charge on any atom is -0.341 e. The van der Waals surface area contributed by atoms with E-state index in [1.807, 2.05) is 40.1 Å². The van der Waals surface area contributed by atoms with Crippen LogP contribution in [0.5, 0.6) is 0 Å². The summed E-state index contributed by atoms with van der Waals surface area (Å²) in [4.78, 5) is 32.1. The SMILES string of the molecule is O=C([C@H]1CC(=O)N(c2cccc3ccccc23)C1)N1CC[C@H](N2CC=CC2)C1. The minimum atomic E-state index is -0.234. The monoisotopic (exact) mass is 375 g/mol. The van der Waals surface area contributed by atoms with Crippen molar-refractivity contribution in [3.05, 3.63) is 54.6 Å². The van der Waals surface area contributed by atoms with Crippen molar-refractivity contribution >= 4 is 28.3 Å². The first-order chi connectivity index (χ1) is 13.7. The number of nitrogens with zero attached hydrogens (tertiary/aromatic N) is 3. The van der Waals surface area contributed by atoms with Gasteiger partial charge in [0.05, 0.1) is 11.6 Å². The number of hydrogen-bond donors (Lipinski definition) is 0. The highest BCUT2D eigenvalue weighted by molar-refractivity contribution is 6.07. The Hall–Kier alpha value is -2.66. The van der Waals surface area contributed by atoms with E-state index in [0.717, 1.165) is 49.1 Å². The molecule has 0 radical (unpaired) electrons. The van der Waals surface area contributed by atoms with Crippen LogP contribution in [0.4, 0.5) is 5.69 Å². The first-order valence-corrected chi connectivity index (χ1v) is 10.2. The van der Waals surface area contributed by atoms with Crippen molar-refractivity contribution in [3.8, 4) is 0 Å². The molecule has 3 aliphatic heterocycles. The van der Waals surface area contributed by atoms with Crippen LogP contribution in [0.2, 0.25) is 0 Å². The largest absolute Gasteiger partial charge is 0.341 e. The molecule has 5 rings (SSSR count). The summed E-state index contributed by atoms with van der Waals surface area (Å²) < 4.78 is 0. The zero-order chi connectivity index (χ0) is 19.1. The van der Waals surface area contributed by atoms with Gasteiger partial charge in [0.25, 0.3) is 0 Å². The summed E-state index contributed by atoms with van der Waals surface area (Å²) >= 11 is 0. The summed E-state index contributed by atoms with van der Waals surface area (Å²) in [5, 5.41) is 2.18. The summed E-state index contributed by atoms with van der Waals surface area (Å²) in [6.07, 6.45) is 5.74. The van der Waals surface area contributed by atoms with Gasteiger partial charge in [-0.2, -0.15) is 0 Å². The quantitative estimate of drug-likeness (QED) is 0.775. The second-order valence-electron chi connectivity index (χ2n) is 8.06. The van der Waals surface area contributed by atoms with Crippen LogP contribution < -0.4 is 4.90 Å². The van der Waals surface area contributed by atoms with Crippen LogP contribution in [0.25, 0.3) is 10.8 Å². The predicted octanol–water partition coefficient (Wildman–Crippen LogP) is 2.67. The van der Waals surface area contributed by atoms with E-state index in [1.165, 1.54) is 0 Å². The number of anilines is 1. The summed E-state index contributed by atoms with van der Waals surface area (Å²) in [6, 6.07) is 14.6. The fourth-order valence-electron chi connectivity index (χ4n) is 4.84. The Morgan fingerprint density at radius 1 is 0.964 bits per heavy atom. The highest BCUT2D eigenvalue weighted by Crippen LogP contribution is 2.33. The van der Waals surface area contributed by atoms with E-state index in [4.69, 9.17) is 0 Å². The lowest BCUT2D eigenvalue weighted by molar-refractivity contribution is -0.134. The Labute approximate surface area is 165 Å². The van der Waals surface area contributed by atoms with E-state index in [9.17, 15) is 9.59 Å². The molecule has 0 bridgehead atoms. The van der Waals surface area contributed by atoms with Gasteiger partial charge in [0.15, 0.2) is 0 Å². The summed E-state index contributed by atoms with van der Waals surface area (Å²) in [7, 11) is 0. The normalized spacial score (nSPS) is 25.4. The Balaban J connectivity index is 1.30. The number of carbonyl (C=O) groups is 2. The molecule has 0 N–H and O–H groups in total. The topological polar surface area (TPSA) is 43.9 Å². The van der Waals surface area contributed by atoms with E-state index in [2.05, 4.69) is 29.2 Å². The molecule has 2 atom stereocenters. The van der Waals surface area contributed by atoms with Crippen molar-refractivity contribution < 1.29 is 9.59 Å². The van der Waals surface area contributed by atoms with E-state index in [1.54, 1.807) is 0 Å². The fourth-order valence-corrected chi connectivity index (χ4v) is 4.84. The van der Waals surface area contributed by atoms with Crippen LogP contribution in [-0.4, -0.2) is 60.4 Å². The van der Waals surface area contributed by atoms with Gasteiger partial charge in [-0.15, -0.1) is 0 Å². The highest BCUT2D eigenvalue weighted by Gasteiger charge is 2.40. The molecule has 0 unspecified atom stereocenters. The van der Waals surface area contributed by atoms with Gasteiger partial charge in [-0.3, -0.25) is 14.5 Å². The van der Waals surface area contributed by atoms with Crippen LogP contribution in [0, 0.1) is 5.92 Å². The molecular formula is C23H25N3O2. The first-order valence-electron chi connectivity index (χ1n) is 10.2. The number of carbonyl (C=O) groups excluding carboxylic acids is 2. The third-order valence-corrected chi connectivity index (χ3v) is 6.37. The molecule has 2 amide bonds. The van der Waals surface area contributed by atoms with Crippen LogP contribution >= 0.6 is 0 Å². The lowest BCUT2D eigenvalue weighted by atomic mass is 10.1. The van der Waals surface area contributed by atoms with Gasteiger partial charge >= 0.3 is 0 Å². The molecule has 0 aromatic heterocycles. The molecule has 144 valence electrons. The molecular weight excluding hydrogens is 350 g/mol. The van der Waals surface area contributed by atoms with Crippen LogP contribution in [0.1, 0.15) is 12.8 Å². The Morgan fingerprint density at radius 2 is 1.75 bits per heavy atom. The van der Waals surface area contributed by atoms with Crippen molar-refractivity contribution in [1.29, 1.82) is 0 Å². The number of rotatable bonds is 3. The molecule has 3 aliphatic rings. The highest BCUT2D eigenvalue weighted by atomic mass is 16.2. The molecule has 2 saturated heterocycles. The predicted molar refractivity (Wildman–Crippen MR) is 110 cm³/mol. The molecule has 3 heterocycles. The Bertz CT molecular complexity index is 941. The van der Waals surface area contributed by atoms with Gasteiger partial charge in [0.2, 0.25) is 11.8 Å². The Morgan fingerprint density at radius 3 is 2.61 bits per heavy atom. The summed E-state index contributed by atoms with van der Waals surface area (Å²) in [5.74, 6) is -0.0399. The molecule has 2 aromatic carbocycles. The number of benzene rings is 2. The summed E-state index contributed by atoms with van der Waals surface area (Å²) in [6.45, 7) is 4.06. The van der Waals surface area contributed by atoms with Gasteiger partial charge in [0, 0.05) is 50.6 Å². The van der Waals surface area contributed by atoms with E-state index < -0.39 is 0 Å². The molecule has 5 nitrogen and oxygen atoms in total. The zero-order valence-electron chi connectivity index (χ0n) is 16.0. The third kappa shape index (κ3) is 3.00. The molecule has 2 fully saturated rings. The van der Waals surface area contributed by atoms with E-state index >= 15 is 0 Å². The van der Waals surface area contributed by atoms with Crippen LogP contribution in [0.3, 0.4) is 0 Å². The minimum absolute atomic E-state index is 0.0502. The van der Waals surface area contributed by atoms with E-state index in [-0.39, 0.29) is 17.7 Å². The van der Waals surface area contributed by atoms with Gasteiger partial charge in [-0.05, 0) is 17.9 Å². The van der Waals surface area contributed by atoms with Gasteiger partial charge in [-0.25, -0.2) is 0 Å². The molecule has 28 heavy (non-hydrogen) atoms. The Kier molecular flexibility index (Phi) is 4.40. The maximum absolute atomic E-state index is 13.1. The van der Waals surface area contributed by atoms with Crippen molar-refractivity contribution in [3.63, 3.8) is 0 Å². The lowest BCUT2D eigenvalue weighted by Gasteiger charge is -2.25. The van der Waals surface area contributed by atoms with Gasteiger partial charge in [-0.1, -0.05) is 48.6 Å². The average molecular weight is 375 g/mol. The third-order valence-electron chi connectivity index (χ3n) is 6.37. The average Bonchev–Trinajstić information content (AvgIpc) is 3.47. The van der Waals surface area contributed by atoms with Crippen molar-refractivity contribution in [2.45, 2.75) is 18.9 Å². The number of likely N-dealkylation sites (tertiary alicyclic amines) is 1. The smallest absolute Gasteiger partial charge is 0.228 e. The van der Waals surface area contributed by atoms with Crippen LogP contribution in [-0.2, 0) is 9.59 Å². The maximum Gasteiger partial charge on any atom is 0.228 e. The number of amides is 2. The van der Waals surface area contributed by atoms with E-state index in [0.29, 0.717) is 19.0 Å². The van der Waals surface area contributed by atoms with Crippen molar-refractivity contribution in [2.24, 2.45) is 5.92 Å².